The first-order valence-electron chi connectivity index (χ1n) is 5.84. The number of carbonyl (C=O) groups is 1. The van der Waals surface area contributed by atoms with Crippen LogP contribution in [0.2, 0.25) is 0 Å². The standard InChI is InChI=1S/C12H16N6O/c1-7(2)18-6-8(4-16-18)17-11-3-9(12(14)19)10(13)5-15-11/h3-7H,13H2,1-2H3,(H2,14,19)(H,15,17). The van der Waals surface area contributed by atoms with Crippen molar-refractivity contribution in [3.63, 3.8) is 0 Å². The van der Waals surface area contributed by atoms with E-state index in [4.69, 9.17) is 11.5 Å². The van der Waals surface area contributed by atoms with Crippen LogP contribution in [0.1, 0.15) is 30.2 Å². The van der Waals surface area contributed by atoms with E-state index in [9.17, 15) is 4.79 Å². The maximum Gasteiger partial charge on any atom is 0.250 e. The van der Waals surface area contributed by atoms with Gasteiger partial charge in [0, 0.05) is 12.2 Å². The molecule has 19 heavy (non-hydrogen) atoms. The molecule has 2 heterocycles. The molecule has 7 nitrogen and oxygen atoms in total. The molecular formula is C12H16N6O. The molecule has 0 aromatic carbocycles. The lowest BCUT2D eigenvalue weighted by molar-refractivity contribution is 0.100. The smallest absolute Gasteiger partial charge is 0.250 e. The Kier molecular flexibility index (Phi) is 3.37. The minimum absolute atomic E-state index is 0.244. The van der Waals surface area contributed by atoms with Crippen molar-refractivity contribution in [1.82, 2.24) is 14.8 Å². The fourth-order valence-electron chi connectivity index (χ4n) is 1.58. The first kappa shape index (κ1) is 12.9. The molecule has 0 aliphatic carbocycles. The van der Waals surface area contributed by atoms with Crippen LogP contribution in [0.15, 0.2) is 24.7 Å². The van der Waals surface area contributed by atoms with Crippen LogP contribution in [0.25, 0.3) is 0 Å². The Morgan fingerprint density at radius 1 is 1.42 bits per heavy atom. The van der Waals surface area contributed by atoms with Gasteiger partial charge in [-0.25, -0.2) is 4.98 Å². The number of hydrogen-bond acceptors (Lipinski definition) is 5. The third-order valence-electron chi connectivity index (χ3n) is 2.60. The van der Waals surface area contributed by atoms with E-state index in [1.807, 2.05) is 24.7 Å². The molecule has 2 aromatic rings. The number of amides is 1. The van der Waals surface area contributed by atoms with E-state index in [0.29, 0.717) is 5.82 Å². The Labute approximate surface area is 110 Å². The average molecular weight is 260 g/mol. The highest BCUT2D eigenvalue weighted by Gasteiger charge is 2.09. The van der Waals surface area contributed by atoms with Crippen molar-refractivity contribution in [3.8, 4) is 0 Å². The maximum absolute atomic E-state index is 11.2. The number of nitrogens with two attached hydrogens (primary N) is 2. The lowest BCUT2D eigenvalue weighted by Crippen LogP contribution is -2.14. The fourth-order valence-corrected chi connectivity index (χ4v) is 1.58. The highest BCUT2D eigenvalue weighted by Crippen LogP contribution is 2.19. The zero-order chi connectivity index (χ0) is 14.0. The van der Waals surface area contributed by atoms with Crippen molar-refractivity contribution in [2.75, 3.05) is 11.1 Å². The summed E-state index contributed by atoms with van der Waals surface area (Å²) in [6, 6.07) is 1.79. The average Bonchev–Trinajstić information content (AvgIpc) is 2.80. The van der Waals surface area contributed by atoms with Gasteiger partial charge in [-0.1, -0.05) is 0 Å². The van der Waals surface area contributed by atoms with Gasteiger partial charge in [0.05, 0.1) is 29.3 Å². The van der Waals surface area contributed by atoms with E-state index in [0.717, 1.165) is 5.69 Å². The van der Waals surface area contributed by atoms with Crippen LogP contribution >= 0.6 is 0 Å². The summed E-state index contributed by atoms with van der Waals surface area (Å²) in [5.41, 5.74) is 12.1. The Morgan fingerprint density at radius 2 is 2.16 bits per heavy atom. The molecule has 2 rings (SSSR count). The van der Waals surface area contributed by atoms with Gasteiger partial charge < -0.3 is 16.8 Å². The Balaban J connectivity index is 2.23. The predicted octanol–water partition coefficient (Wildman–Crippen LogP) is 1.28. The predicted molar refractivity (Wildman–Crippen MR) is 73.1 cm³/mol. The molecule has 0 unspecified atom stereocenters. The van der Waals surface area contributed by atoms with Crippen molar-refractivity contribution in [2.24, 2.45) is 5.73 Å². The number of pyridine rings is 1. The monoisotopic (exact) mass is 260 g/mol. The fraction of sp³-hybridized carbons (Fsp3) is 0.250. The normalized spacial score (nSPS) is 10.7. The Morgan fingerprint density at radius 3 is 2.74 bits per heavy atom. The van der Waals surface area contributed by atoms with Gasteiger partial charge in [-0.05, 0) is 19.9 Å². The van der Waals surface area contributed by atoms with Gasteiger partial charge in [0.1, 0.15) is 5.82 Å². The van der Waals surface area contributed by atoms with Crippen LogP contribution in [-0.2, 0) is 0 Å². The zero-order valence-electron chi connectivity index (χ0n) is 10.8. The molecule has 0 radical (unpaired) electrons. The number of primary amides is 1. The minimum atomic E-state index is -0.583. The van der Waals surface area contributed by atoms with Crippen LogP contribution in [0, 0.1) is 0 Å². The van der Waals surface area contributed by atoms with E-state index in [-0.39, 0.29) is 17.3 Å². The van der Waals surface area contributed by atoms with Crippen molar-refractivity contribution in [1.29, 1.82) is 0 Å². The molecule has 0 atom stereocenters. The summed E-state index contributed by atoms with van der Waals surface area (Å²) in [5.74, 6) is -0.0906. The summed E-state index contributed by atoms with van der Waals surface area (Å²) >= 11 is 0. The Hall–Kier alpha value is -2.57. The lowest BCUT2D eigenvalue weighted by atomic mass is 10.2. The molecule has 1 amide bonds. The minimum Gasteiger partial charge on any atom is -0.397 e. The highest BCUT2D eigenvalue weighted by molar-refractivity contribution is 5.98. The summed E-state index contributed by atoms with van der Waals surface area (Å²) < 4.78 is 1.81. The summed E-state index contributed by atoms with van der Waals surface area (Å²) in [4.78, 5) is 15.3. The number of nitrogens with zero attached hydrogens (tertiary/aromatic N) is 3. The largest absolute Gasteiger partial charge is 0.397 e. The SMILES string of the molecule is CC(C)n1cc(Nc2cc(C(N)=O)c(N)cn2)cn1. The molecule has 0 aliphatic heterocycles. The van der Waals surface area contributed by atoms with Crippen LogP contribution in [0.4, 0.5) is 17.2 Å². The number of anilines is 3. The maximum atomic E-state index is 11.2. The third kappa shape index (κ3) is 2.82. The zero-order valence-corrected chi connectivity index (χ0v) is 10.8. The van der Waals surface area contributed by atoms with Crippen LogP contribution < -0.4 is 16.8 Å². The first-order valence-corrected chi connectivity index (χ1v) is 5.84. The van der Waals surface area contributed by atoms with Gasteiger partial charge in [-0.2, -0.15) is 5.10 Å². The number of nitrogens with one attached hydrogen (secondary N) is 1. The quantitative estimate of drug-likeness (QED) is 0.766. The molecule has 0 aliphatic rings. The number of rotatable bonds is 4. The van der Waals surface area contributed by atoms with Crippen molar-refractivity contribution in [2.45, 2.75) is 19.9 Å². The van der Waals surface area contributed by atoms with Crippen molar-refractivity contribution in [3.05, 3.63) is 30.2 Å². The van der Waals surface area contributed by atoms with Gasteiger partial charge in [0.2, 0.25) is 0 Å². The molecule has 0 fully saturated rings. The molecule has 0 bridgehead atoms. The second-order valence-electron chi connectivity index (χ2n) is 4.45. The van der Waals surface area contributed by atoms with Gasteiger partial charge in [0.25, 0.3) is 5.91 Å². The van der Waals surface area contributed by atoms with Crippen molar-refractivity contribution >= 4 is 23.1 Å². The number of carbonyl (C=O) groups excluding carboxylic acids is 1. The molecule has 0 saturated carbocycles. The molecule has 7 heteroatoms. The highest BCUT2D eigenvalue weighted by atomic mass is 16.1. The van der Waals surface area contributed by atoms with E-state index >= 15 is 0 Å². The van der Waals surface area contributed by atoms with E-state index < -0.39 is 5.91 Å². The third-order valence-corrected chi connectivity index (χ3v) is 2.60. The number of nitrogen functional groups attached to an aromatic ring is 1. The molecular weight excluding hydrogens is 244 g/mol. The van der Waals surface area contributed by atoms with Gasteiger partial charge in [-0.3, -0.25) is 9.48 Å². The Bertz CT molecular complexity index is 604. The summed E-state index contributed by atoms with van der Waals surface area (Å²) in [6.07, 6.45) is 4.93. The summed E-state index contributed by atoms with van der Waals surface area (Å²) in [7, 11) is 0. The van der Waals surface area contributed by atoms with Gasteiger partial charge in [0.15, 0.2) is 0 Å². The van der Waals surface area contributed by atoms with Crippen LogP contribution in [0.3, 0.4) is 0 Å². The molecule has 100 valence electrons. The van der Waals surface area contributed by atoms with E-state index in [2.05, 4.69) is 15.4 Å². The molecule has 5 N–H and O–H groups in total. The number of hydrogen-bond donors (Lipinski definition) is 3. The molecule has 2 aromatic heterocycles. The van der Waals surface area contributed by atoms with Crippen LogP contribution in [0.5, 0.6) is 0 Å². The van der Waals surface area contributed by atoms with Crippen molar-refractivity contribution < 1.29 is 4.79 Å². The lowest BCUT2D eigenvalue weighted by Gasteiger charge is -2.06. The van der Waals surface area contributed by atoms with Crippen LogP contribution in [-0.4, -0.2) is 20.7 Å². The summed E-state index contributed by atoms with van der Waals surface area (Å²) in [5, 5.41) is 7.24. The summed E-state index contributed by atoms with van der Waals surface area (Å²) in [6.45, 7) is 4.06. The topological polar surface area (TPSA) is 112 Å². The van der Waals surface area contributed by atoms with E-state index in [1.165, 1.54) is 12.3 Å². The van der Waals surface area contributed by atoms with E-state index in [1.54, 1.807) is 6.20 Å². The second kappa shape index (κ2) is 4.97. The second-order valence-corrected chi connectivity index (χ2v) is 4.45. The molecule has 0 saturated heterocycles. The number of aromatic nitrogens is 3. The van der Waals surface area contributed by atoms with Gasteiger partial charge in [-0.15, -0.1) is 0 Å². The first-order chi connectivity index (χ1) is 8.97. The molecule has 0 spiro atoms. The van der Waals surface area contributed by atoms with Gasteiger partial charge >= 0.3 is 0 Å².